The van der Waals surface area contributed by atoms with Crippen molar-refractivity contribution in [1.82, 2.24) is 15.5 Å². The second kappa shape index (κ2) is 10.8. The molecule has 2 atom stereocenters. The highest BCUT2D eigenvalue weighted by molar-refractivity contribution is 14.0. The second-order valence-corrected chi connectivity index (χ2v) is 10.2. The first-order valence-corrected chi connectivity index (χ1v) is 11.7. The second-order valence-electron chi connectivity index (χ2n) is 7.92. The van der Waals surface area contributed by atoms with Gasteiger partial charge in [-0.15, -0.1) is 24.0 Å². The first kappa shape index (κ1) is 23.4. The van der Waals surface area contributed by atoms with E-state index in [9.17, 15) is 8.42 Å². The third kappa shape index (κ3) is 6.88. The minimum Gasteiger partial charge on any atom is -0.353 e. The lowest BCUT2D eigenvalue weighted by Gasteiger charge is -2.31. The maximum absolute atomic E-state index is 11.6. The van der Waals surface area contributed by atoms with Crippen LogP contribution in [0.4, 0.5) is 0 Å². The van der Waals surface area contributed by atoms with Crippen molar-refractivity contribution in [2.45, 2.75) is 45.3 Å². The molecule has 2 N–H and O–H groups in total. The fourth-order valence-electron chi connectivity index (χ4n) is 4.03. The average molecular weight is 520 g/mol. The summed E-state index contributed by atoms with van der Waals surface area (Å²) in [4.78, 5) is 6.80. The normalized spacial score (nSPS) is 25.1. The highest BCUT2D eigenvalue weighted by Gasteiger charge is 2.28. The summed E-state index contributed by atoms with van der Waals surface area (Å²) in [5.41, 5.74) is 2.61. The van der Waals surface area contributed by atoms with Crippen LogP contribution >= 0.6 is 24.0 Å². The maximum atomic E-state index is 11.6. The Kier molecular flexibility index (Phi) is 9.01. The van der Waals surface area contributed by atoms with Crippen LogP contribution in [-0.2, 0) is 22.9 Å². The van der Waals surface area contributed by atoms with Crippen LogP contribution in [0, 0.1) is 5.92 Å². The molecule has 3 rings (SSSR count). The number of aliphatic imine (C=N–C) groups is 1. The van der Waals surface area contributed by atoms with Crippen molar-refractivity contribution in [2.24, 2.45) is 10.9 Å². The minimum atomic E-state index is -2.89. The summed E-state index contributed by atoms with van der Waals surface area (Å²) in [6.45, 7) is 6.33. The molecule has 1 aromatic carbocycles. The standard InChI is InChI=1S/C20H32N4O2S.HI/c1-16-6-5-10-24(13-16)14-18-8-4-3-7-17(18)12-22-20(21-2)23-19-9-11-27(25,26)15-19;/h3-4,7-8,16,19H,5-6,9-15H2,1-2H3,(H2,21,22,23);1H. The molecule has 0 saturated carbocycles. The van der Waals surface area contributed by atoms with Gasteiger partial charge in [0.2, 0.25) is 0 Å². The molecule has 0 radical (unpaired) electrons. The lowest BCUT2D eigenvalue weighted by atomic mass is 9.99. The molecule has 2 saturated heterocycles. The molecule has 1 aromatic rings. The Morgan fingerprint density at radius 3 is 2.64 bits per heavy atom. The van der Waals surface area contributed by atoms with Gasteiger partial charge in [0.25, 0.3) is 0 Å². The number of benzene rings is 1. The highest BCUT2D eigenvalue weighted by Crippen LogP contribution is 2.19. The lowest BCUT2D eigenvalue weighted by Crippen LogP contribution is -2.43. The van der Waals surface area contributed by atoms with Crippen LogP contribution in [0.1, 0.15) is 37.3 Å². The molecular formula is C20H33IN4O2S. The lowest BCUT2D eigenvalue weighted by molar-refractivity contribution is 0.176. The molecule has 28 heavy (non-hydrogen) atoms. The number of hydrogen-bond acceptors (Lipinski definition) is 4. The Morgan fingerprint density at radius 2 is 2.00 bits per heavy atom. The molecule has 2 heterocycles. The minimum absolute atomic E-state index is 0. The van der Waals surface area contributed by atoms with Crippen molar-refractivity contribution in [3.63, 3.8) is 0 Å². The van der Waals surface area contributed by atoms with Gasteiger partial charge in [-0.05, 0) is 42.9 Å². The van der Waals surface area contributed by atoms with Gasteiger partial charge in [0.05, 0.1) is 11.5 Å². The summed E-state index contributed by atoms with van der Waals surface area (Å²) in [5.74, 6) is 1.89. The van der Waals surface area contributed by atoms with Crippen LogP contribution in [0.2, 0.25) is 0 Å². The fourth-order valence-corrected chi connectivity index (χ4v) is 5.70. The van der Waals surface area contributed by atoms with E-state index < -0.39 is 9.84 Å². The summed E-state index contributed by atoms with van der Waals surface area (Å²) < 4.78 is 23.3. The van der Waals surface area contributed by atoms with Crippen LogP contribution in [0.5, 0.6) is 0 Å². The zero-order chi connectivity index (χ0) is 19.3. The zero-order valence-corrected chi connectivity index (χ0v) is 20.0. The number of nitrogens with zero attached hydrogens (tertiary/aromatic N) is 2. The summed E-state index contributed by atoms with van der Waals surface area (Å²) in [6, 6.07) is 8.48. The monoisotopic (exact) mass is 520 g/mol. The van der Waals surface area contributed by atoms with Gasteiger partial charge < -0.3 is 10.6 Å². The van der Waals surface area contributed by atoms with Gasteiger partial charge >= 0.3 is 0 Å². The summed E-state index contributed by atoms with van der Waals surface area (Å²) in [7, 11) is -1.17. The topological polar surface area (TPSA) is 73.8 Å². The van der Waals surface area contributed by atoms with Crippen molar-refractivity contribution in [1.29, 1.82) is 0 Å². The molecule has 2 aliphatic heterocycles. The quantitative estimate of drug-likeness (QED) is 0.355. The first-order chi connectivity index (χ1) is 12.9. The van der Waals surface area contributed by atoms with Gasteiger partial charge in [-0.1, -0.05) is 31.2 Å². The van der Waals surface area contributed by atoms with Gasteiger partial charge in [-0.3, -0.25) is 9.89 Å². The van der Waals surface area contributed by atoms with E-state index in [-0.39, 0.29) is 41.5 Å². The largest absolute Gasteiger partial charge is 0.353 e. The molecule has 0 bridgehead atoms. The molecule has 2 fully saturated rings. The Hall–Kier alpha value is -0.870. The molecule has 0 aliphatic carbocycles. The van der Waals surface area contributed by atoms with E-state index in [4.69, 9.17) is 0 Å². The van der Waals surface area contributed by atoms with Crippen LogP contribution in [-0.4, -0.2) is 57.0 Å². The Morgan fingerprint density at radius 1 is 1.25 bits per heavy atom. The third-order valence-electron chi connectivity index (χ3n) is 5.50. The number of guanidine groups is 1. The highest BCUT2D eigenvalue weighted by atomic mass is 127. The van der Waals surface area contributed by atoms with E-state index in [0.717, 1.165) is 12.5 Å². The molecule has 2 unspecified atom stereocenters. The smallest absolute Gasteiger partial charge is 0.191 e. The molecule has 0 spiro atoms. The van der Waals surface area contributed by atoms with Gasteiger partial charge in [0.15, 0.2) is 15.8 Å². The Bertz CT molecular complexity index is 769. The van der Waals surface area contributed by atoms with E-state index in [0.29, 0.717) is 18.9 Å². The van der Waals surface area contributed by atoms with E-state index in [1.54, 1.807) is 7.05 Å². The van der Waals surface area contributed by atoms with E-state index in [2.05, 4.69) is 51.7 Å². The zero-order valence-electron chi connectivity index (χ0n) is 16.9. The van der Waals surface area contributed by atoms with Crippen molar-refractivity contribution < 1.29 is 8.42 Å². The Labute approximate surface area is 186 Å². The average Bonchev–Trinajstić information content (AvgIpc) is 2.98. The molecule has 0 aromatic heterocycles. The number of rotatable bonds is 5. The number of likely N-dealkylation sites (tertiary alicyclic amines) is 1. The van der Waals surface area contributed by atoms with Crippen LogP contribution in [0.25, 0.3) is 0 Å². The molecule has 0 amide bonds. The van der Waals surface area contributed by atoms with Crippen molar-refractivity contribution in [3.8, 4) is 0 Å². The van der Waals surface area contributed by atoms with Crippen molar-refractivity contribution in [3.05, 3.63) is 35.4 Å². The van der Waals surface area contributed by atoms with Gasteiger partial charge in [0, 0.05) is 32.7 Å². The fraction of sp³-hybridized carbons (Fsp3) is 0.650. The molecule has 8 heteroatoms. The van der Waals surface area contributed by atoms with Crippen LogP contribution in [0.3, 0.4) is 0 Å². The SMILES string of the molecule is CN=C(NCc1ccccc1CN1CCCC(C)C1)NC1CCS(=O)(=O)C1.I. The third-order valence-corrected chi connectivity index (χ3v) is 7.26. The predicted molar refractivity (Wildman–Crippen MR) is 126 cm³/mol. The van der Waals surface area contributed by atoms with E-state index in [1.807, 2.05) is 0 Å². The number of hydrogen-bond donors (Lipinski definition) is 2. The van der Waals surface area contributed by atoms with E-state index in [1.165, 1.54) is 37.1 Å². The number of sulfone groups is 1. The number of piperidine rings is 1. The first-order valence-electron chi connectivity index (χ1n) is 9.92. The van der Waals surface area contributed by atoms with Gasteiger partial charge in [-0.2, -0.15) is 0 Å². The van der Waals surface area contributed by atoms with E-state index >= 15 is 0 Å². The van der Waals surface area contributed by atoms with Crippen LogP contribution < -0.4 is 10.6 Å². The predicted octanol–water partition coefficient (Wildman–Crippen LogP) is 2.39. The number of halogens is 1. The molecule has 2 aliphatic rings. The number of nitrogens with one attached hydrogen (secondary N) is 2. The molecular weight excluding hydrogens is 487 g/mol. The maximum Gasteiger partial charge on any atom is 0.191 e. The van der Waals surface area contributed by atoms with Crippen molar-refractivity contribution >= 4 is 39.8 Å². The summed E-state index contributed by atoms with van der Waals surface area (Å²) in [6.07, 6.45) is 3.26. The van der Waals surface area contributed by atoms with Gasteiger partial charge in [-0.25, -0.2) is 8.42 Å². The van der Waals surface area contributed by atoms with Gasteiger partial charge in [0.1, 0.15) is 0 Å². The van der Waals surface area contributed by atoms with Crippen molar-refractivity contribution in [2.75, 3.05) is 31.6 Å². The molecule has 6 nitrogen and oxygen atoms in total. The van der Waals surface area contributed by atoms with Crippen LogP contribution in [0.15, 0.2) is 29.3 Å². The molecule has 158 valence electrons. The Balaban J connectivity index is 0.00000280. The summed E-state index contributed by atoms with van der Waals surface area (Å²) >= 11 is 0. The summed E-state index contributed by atoms with van der Waals surface area (Å²) in [5, 5.41) is 6.60.